The molecule has 2 aliphatic rings. The lowest BCUT2D eigenvalue weighted by Crippen LogP contribution is -2.41. The zero-order chi connectivity index (χ0) is 17.4. The Kier molecular flexibility index (Phi) is 5.39. The van der Waals surface area contributed by atoms with Gasteiger partial charge in [-0.1, -0.05) is 36.2 Å². The molecule has 1 aromatic carbocycles. The second-order valence-corrected chi connectivity index (χ2v) is 8.86. The lowest BCUT2D eigenvalue weighted by atomic mass is 9.83. The Hall–Kier alpha value is -0.820. The first-order chi connectivity index (χ1) is 11.4. The van der Waals surface area contributed by atoms with Crippen LogP contribution in [-0.2, 0) is 9.59 Å². The number of rotatable bonds is 4. The van der Waals surface area contributed by atoms with E-state index >= 15 is 0 Å². The molecule has 0 aliphatic carbocycles. The van der Waals surface area contributed by atoms with E-state index in [-0.39, 0.29) is 23.1 Å². The van der Waals surface area contributed by atoms with E-state index < -0.39 is 11.2 Å². The van der Waals surface area contributed by atoms with Crippen molar-refractivity contribution in [3.63, 3.8) is 0 Å². The van der Waals surface area contributed by atoms with E-state index in [4.69, 9.17) is 23.2 Å². The summed E-state index contributed by atoms with van der Waals surface area (Å²) in [6.07, 6.45) is 1.58. The lowest BCUT2D eigenvalue weighted by molar-refractivity contribution is -0.137. The molecule has 0 saturated carbocycles. The molecule has 1 amide bonds. The fourth-order valence-corrected chi connectivity index (χ4v) is 6.48. The summed E-state index contributed by atoms with van der Waals surface area (Å²) >= 11 is 15.2. The molecular formula is C16H15Cl2NO3S2. The highest BCUT2D eigenvalue weighted by Gasteiger charge is 2.48. The summed E-state index contributed by atoms with van der Waals surface area (Å²) in [6.45, 7) is 1.93. The van der Waals surface area contributed by atoms with Crippen molar-refractivity contribution in [2.24, 2.45) is 11.8 Å². The fourth-order valence-electron chi connectivity index (χ4n) is 3.13. The van der Waals surface area contributed by atoms with Crippen molar-refractivity contribution in [3.05, 3.63) is 39.9 Å². The van der Waals surface area contributed by atoms with Crippen molar-refractivity contribution >= 4 is 58.6 Å². The van der Waals surface area contributed by atoms with Crippen LogP contribution in [0, 0.1) is 11.8 Å². The predicted octanol–water partition coefficient (Wildman–Crippen LogP) is 3.92. The van der Waals surface area contributed by atoms with Crippen molar-refractivity contribution in [2.45, 2.75) is 22.4 Å². The average Bonchev–Trinajstić information content (AvgIpc) is 2.83. The number of hydrogen-bond donors (Lipinski definition) is 2. The fraction of sp³-hybridized carbons (Fsp3) is 0.375. The number of hydrogen-bond acceptors (Lipinski definition) is 4. The van der Waals surface area contributed by atoms with Gasteiger partial charge in [-0.2, -0.15) is 0 Å². The number of thioether (sulfide) groups is 2. The van der Waals surface area contributed by atoms with Crippen LogP contribution < -0.4 is 5.32 Å². The normalized spacial score (nSPS) is 29.0. The number of carboxylic acid groups (broad SMARTS) is 1. The van der Waals surface area contributed by atoms with Gasteiger partial charge in [0.1, 0.15) is 5.25 Å². The van der Waals surface area contributed by atoms with Crippen molar-refractivity contribution in [1.29, 1.82) is 0 Å². The molecule has 24 heavy (non-hydrogen) atoms. The third-order valence-corrected chi connectivity index (χ3v) is 7.93. The number of aliphatic carboxylic acids is 1. The smallest absolute Gasteiger partial charge is 0.316 e. The maximum Gasteiger partial charge on any atom is 0.316 e. The number of carbonyl (C=O) groups excluding carboxylic acids is 1. The summed E-state index contributed by atoms with van der Waals surface area (Å²) in [5.41, 5.74) is 0.938. The number of carboxylic acids is 1. The predicted molar refractivity (Wildman–Crippen MR) is 98.9 cm³/mol. The highest BCUT2D eigenvalue weighted by molar-refractivity contribution is 8.01. The Morgan fingerprint density at radius 1 is 1.38 bits per heavy atom. The van der Waals surface area contributed by atoms with Gasteiger partial charge in [-0.15, -0.1) is 23.5 Å². The minimum Gasteiger partial charge on any atom is -0.480 e. The average molecular weight is 404 g/mol. The topological polar surface area (TPSA) is 66.4 Å². The molecule has 1 fully saturated rings. The van der Waals surface area contributed by atoms with E-state index in [1.54, 1.807) is 24.3 Å². The van der Waals surface area contributed by atoms with Crippen LogP contribution in [0.3, 0.4) is 0 Å². The van der Waals surface area contributed by atoms with Crippen LogP contribution in [0.4, 0.5) is 0 Å². The molecule has 1 saturated heterocycles. The molecule has 4 atom stereocenters. The van der Waals surface area contributed by atoms with Crippen LogP contribution in [-0.4, -0.2) is 33.4 Å². The zero-order valence-electron chi connectivity index (χ0n) is 12.7. The van der Waals surface area contributed by atoms with Crippen molar-refractivity contribution in [2.75, 3.05) is 5.75 Å². The lowest BCUT2D eigenvalue weighted by Gasteiger charge is -2.29. The zero-order valence-corrected chi connectivity index (χ0v) is 15.8. The summed E-state index contributed by atoms with van der Waals surface area (Å²) in [6, 6.07) is 5.33. The molecule has 2 N–H and O–H groups in total. The quantitative estimate of drug-likeness (QED) is 0.745. The van der Waals surface area contributed by atoms with E-state index in [1.165, 1.54) is 23.5 Å². The molecular weight excluding hydrogens is 389 g/mol. The second-order valence-electron chi connectivity index (χ2n) is 5.77. The molecule has 0 aromatic heterocycles. The van der Waals surface area contributed by atoms with Gasteiger partial charge in [-0.05, 0) is 23.6 Å². The van der Waals surface area contributed by atoms with Gasteiger partial charge in [0, 0.05) is 22.6 Å². The Balaban J connectivity index is 1.81. The number of benzene rings is 1. The summed E-state index contributed by atoms with van der Waals surface area (Å²) in [7, 11) is 0. The van der Waals surface area contributed by atoms with Crippen molar-refractivity contribution in [1.82, 2.24) is 5.32 Å². The van der Waals surface area contributed by atoms with Gasteiger partial charge in [0.15, 0.2) is 0 Å². The third kappa shape index (κ3) is 3.43. The number of halogens is 2. The van der Waals surface area contributed by atoms with Crippen molar-refractivity contribution < 1.29 is 14.7 Å². The van der Waals surface area contributed by atoms with E-state index in [0.717, 1.165) is 10.5 Å². The summed E-state index contributed by atoms with van der Waals surface area (Å²) in [5, 5.41) is 12.7. The third-order valence-electron chi connectivity index (χ3n) is 4.24. The van der Waals surface area contributed by atoms with Gasteiger partial charge in [0.25, 0.3) is 0 Å². The van der Waals surface area contributed by atoms with Crippen molar-refractivity contribution in [3.8, 4) is 0 Å². The van der Waals surface area contributed by atoms with Crippen LogP contribution in [0.25, 0.3) is 0 Å². The number of nitrogens with one attached hydrogen (secondary N) is 1. The standard InChI is InChI=1S/C16H15Cl2NO3S2/c1-7-12-8(6-23-14-9(17)3-2-4-10(14)18)5-11(20)19-15(12)24-13(7)16(21)22/h2-5,7,12-13,15H,6H2,1H3,(H,19,20)(H,21,22). The summed E-state index contributed by atoms with van der Waals surface area (Å²) in [4.78, 5) is 24.1. The summed E-state index contributed by atoms with van der Waals surface area (Å²) in [5.74, 6) is -0.524. The van der Waals surface area contributed by atoms with Crippen LogP contribution >= 0.6 is 46.7 Å². The maximum absolute atomic E-state index is 11.9. The minimum atomic E-state index is -0.836. The van der Waals surface area contributed by atoms with E-state index in [1.807, 2.05) is 6.92 Å². The van der Waals surface area contributed by atoms with Gasteiger partial charge in [0.2, 0.25) is 5.91 Å². The molecule has 3 rings (SSSR count). The SMILES string of the molecule is CC1C(C(=O)O)SC2NC(=O)C=C(CSc3c(Cl)cccc3Cl)C21. The minimum absolute atomic E-state index is 0.00237. The van der Waals surface area contributed by atoms with E-state index in [0.29, 0.717) is 15.8 Å². The highest BCUT2D eigenvalue weighted by atomic mass is 35.5. The van der Waals surface area contributed by atoms with Gasteiger partial charge in [0.05, 0.1) is 15.4 Å². The largest absolute Gasteiger partial charge is 0.480 e. The molecule has 2 heterocycles. The molecule has 0 radical (unpaired) electrons. The molecule has 8 heteroatoms. The highest BCUT2D eigenvalue weighted by Crippen LogP contribution is 2.48. The van der Waals surface area contributed by atoms with Crippen LogP contribution in [0.15, 0.2) is 34.7 Å². The molecule has 0 bridgehead atoms. The van der Waals surface area contributed by atoms with Crippen LogP contribution in [0.5, 0.6) is 0 Å². The van der Waals surface area contributed by atoms with E-state index in [9.17, 15) is 14.7 Å². The Morgan fingerprint density at radius 3 is 2.67 bits per heavy atom. The maximum atomic E-state index is 11.9. The Bertz CT molecular complexity index is 703. The monoisotopic (exact) mass is 403 g/mol. The summed E-state index contributed by atoms with van der Waals surface area (Å²) < 4.78 is 0. The van der Waals surface area contributed by atoms with Gasteiger partial charge in [-0.3, -0.25) is 9.59 Å². The van der Waals surface area contributed by atoms with Gasteiger partial charge in [-0.25, -0.2) is 0 Å². The molecule has 1 aromatic rings. The van der Waals surface area contributed by atoms with Crippen LogP contribution in [0.2, 0.25) is 10.0 Å². The van der Waals surface area contributed by atoms with Gasteiger partial charge >= 0.3 is 5.97 Å². The number of amides is 1. The Morgan fingerprint density at radius 2 is 2.04 bits per heavy atom. The molecule has 2 aliphatic heterocycles. The first-order valence-electron chi connectivity index (χ1n) is 7.34. The first kappa shape index (κ1) is 18.0. The second kappa shape index (κ2) is 7.20. The van der Waals surface area contributed by atoms with Gasteiger partial charge < -0.3 is 10.4 Å². The number of carbonyl (C=O) groups is 2. The molecule has 4 nitrogen and oxygen atoms in total. The molecule has 128 valence electrons. The molecule has 4 unspecified atom stereocenters. The van der Waals surface area contributed by atoms with Crippen LogP contribution in [0.1, 0.15) is 6.92 Å². The molecule has 0 spiro atoms. The first-order valence-corrected chi connectivity index (χ1v) is 10.0. The number of fused-ring (bicyclic) bond motifs is 1. The van der Waals surface area contributed by atoms with E-state index in [2.05, 4.69) is 5.32 Å². The Labute approximate surface area is 158 Å².